The van der Waals surface area contributed by atoms with Crippen LogP contribution < -0.4 is 10.5 Å². The predicted molar refractivity (Wildman–Crippen MR) is 97.7 cm³/mol. The Morgan fingerprint density at radius 2 is 2.23 bits per heavy atom. The number of aromatic nitrogens is 1. The van der Waals surface area contributed by atoms with Crippen LogP contribution in [-0.2, 0) is 21.3 Å². The molecule has 0 radical (unpaired) electrons. The number of rotatable bonds is 6. The summed E-state index contributed by atoms with van der Waals surface area (Å²) in [5.74, 6) is 1.25. The van der Waals surface area contributed by atoms with Gasteiger partial charge in [-0.15, -0.1) is 0 Å². The van der Waals surface area contributed by atoms with Crippen molar-refractivity contribution in [2.75, 3.05) is 25.4 Å². The summed E-state index contributed by atoms with van der Waals surface area (Å²) in [5.41, 5.74) is 6.95. The molecule has 7 nitrogen and oxygen atoms in total. The molecule has 3 N–H and O–H groups in total. The smallest absolute Gasteiger partial charge is 0.214 e. The Balaban J connectivity index is 1.28. The SMILES string of the molecule is Nc1ncccc1CN1C[C@@H]2[C@H](CNS(=O)(=O)C3CC3)[C@H]3CC[C@]2(C1)O3. The lowest BCUT2D eigenvalue weighted by atomic mass is 9.74. The maximum absolute atomic E-state index is 12.2. The molecule has 4 fully saturated rings. The van der Waals surface area contributed by atoms with Gasteiger partial charge in [0.2, 0.25) is 10.0 Å². The molecule has 1 aromatic rings. The molecule has 142 valence electrons. The van der Waals surface area contributed by atoms with Crippen LogP contribution in [0.3, 0.4) is 0 Å². The van der Waals surface area contributed by atoms with Crippen LogP contribution in [0.2, 0.25) is 0 Å². The Hall–Kier alpha value is -1.22. The minimum atomic E-state index is -3.13. The van der Waals surface area contributed by atoms with Crippen LogP contribution in [-0.4, -0.2) is 54.9 Å². The van der Waals surface area contributed by atoms with Crippen LogP contribution in [0, 0.1) is 11.8 Å². The van der Waals surface area contributed by atoms with Gasteiger partial charge in [0.15, 0.2) is 0 Å². The molecule has 3 aliphatic heterocycles. The van der Waals surface area contributed by atoms with Crippen molar-refractivity contribution in [2.24, 2.45) is 11.8 Å². The highest BCUT2D eigenvalue weighted by Gasteiger charge is 2.62. The van der Waals surface area contributed by atoms with Gasteiger partial charge < -0.3 is 10.5 Å². The van der Waals surface area contributed by atoms with Crippen molar-refractivity contribution in [3.05, 3.63) is 23.9 Å². The van der Waals surface area contributed by atoms with Crippen molar-refractivity contribution in [2.45, 2.75) is 49.2 Å². The van der Waals surface area contributed by atoms with Crippen molar-refractivity contribution in [3.8, 4) is 0 Å². The summed E-state index contributed by atoms with van der Waals surface area (Å²) in [7, 11) is -3.13. The van der Waals surface area contributed by atoms with Crippen LogP contribution in [0.15, 0.2) is 18.3 Å². The van der Waals surface area contributed by atoms with E-state index in [4.69, 9.17) is 10.5 Å². The zero-order chi connectivity index (χ0) is 17.9. The van der Waals surface area contributed by atoms with Gasteiger partial charge >= 0.3 is 0 Å². The number of hydrogen-bond donors (Lipinski definition) is 2. The molecule has 0 aromatic carbocycles. The third-order valence-corrected chi connectivity index (χ3v) is 8.58. The van der Waals surface area contributed by atoms with Crippen molar-refractivity contribution >= 4 is 15.8 Å². The second-order valence-electron chi connectivity index (χ2n) is 8.34. The van der Waals surface area contributed by atoms with Gasteiger partial charge in [0, 0.05) is 49.8 Å². The van der Waals surface area contributed by atoms with Gasteiger partial charge in [-0.2, -0.15) is 0 Å². The molecule has 0 amide bonds. The quantitative estimate of drug-likeness (QED) is 0.757. The number of nitrogens with one attached hydrogen (secondary N) is 1. The summed E-state index contributed by atoms with van der Waals surface area (Å²) in [5, 5.41) is -0.162. The summed E-state index contributed by atoms with van der Waals surface area (Å²) in [6, 6.07) is 3.94. The monoisotopic (exact) mass is 378 g/mol. The van der Waals surface area contributed by atoms with Crippen molar-refractivity contribution in [1.29, 1.82) is 0 Å². The first-order chi connectivity index (χ1) is 12.5. The number of nitrogens with two attached hydrogens (primary N) is 1. The van der Waals surface area contributed by atoms with Gasteiger partial charge in [-0.3, -0.25) is 4.90 Å². The fourth-order valence-electron chi connectivity index (χ4n) is 5.21. The lowest BCUT2D eigenvalue weighted by Crippen LogP contribution is -2.42. The molecule has 5 rings (SSSR count). The second kappa shape index (κ2) is 5.89. The molecular weight excluding hydrogens is 352 g/mol. The van der Waals surface area contributed by atoms with E-state index in [-0.39, 0.29) is 22.9 Å². The normalized spacial score (nSPS) is 36.5. The molecule has 1 spiro atoms. The Kier molecular flexibility index (Phi) is 3.83. The lowest BCUT2D eigenvalue weighted by Gasteiger charge is -2.29. The van der Waals surface area contributed by atoms with Gasteiger partial charge in [-0.1, -0.05) is 6.07 Å². The first kappa shape index (κ1) is 16.9. The number of ether oxygens (including phenoxy) is 1. The maximum Gasteiger partial charge on any atom is 0.214 e. The average molecular weight is 378 g/mol. The van der Waals surface area contributed by atoms with Crippen LogP contribution in [0.1, 0.15) is 31.2 Å². The molecule has 1 aliphatic carbocycles. The largest absolute Gasteiger partial charge is 0.383 e. The molecule has 26 heavy (non-hydrogen) atoms. The zero-order valence-electron chi connectivity index (χ0n) is 14.8. The number of pyridine rings is 1. The Morgan fingerprint density at radius 3 is 3.00 bits per heavy atom. The van der Waals surface area contributed by atoms with E-state index in [0.29, 0.717) is 18.3 Å². The Labute approximate surface area is 154 Å². The third kappa shape index (κ3) is 2.74. The summed E-state index contributed by atoms with van der Waals surface area (Å²) in [4.78, 5) is 6.57. The first-order valence-electron chi connectivity index (χ1n) is 9.55. The summed E-state index contributed by atoms with van der Waals surface area (Å²) in [6.07, 6.45) is 5.62. The molecule has 3 saturated heterocycles. The Bertz CT molecular complexity index is 812. The van der Waals surface area contributed by atoms with Crippen LogP contribution in [0.5, 0.6) is 0 Å². The van der Waals surface area contributed by atoms with E-state index in [2.05, 4.69) is 14.6 Å². The van der Waals surface area contributed by atoms with Gasteiger partial charge in [-0.05, 0) is 31.7 Å². The van der Waals surface area contributed by atoms with E-state index in [0.717, 1.165) is 50.9 Å². The van der Waals surface area contributed by atoms with E-state index in [1.54, 1.807) is 6.20 Å². The lowest BCUT2D eigenvalue weighted by molar-refractivity contribution is 0.00220. The third-order valence-electron chi connectivity index (χ3n) is 6.66. The number of fused-ring (bicyclic) bond motifs is 1. The number of likely N-dealkylation sites (tertiary alicyclic amines) is 1. The predicted octanol–water partition coefficient (Wildman–Crippen LogP) is 0.725. The highest BCUT2D eigenvalue weighted by molar-refractivity contribution is 7.90. The fourth-order valence-corrected chi connectivity index (χ4v) is 6.63. The topological polar surface area (TPSA) is 97.5 Å². The second-order valence-corrected chi connectivity index (χ2v) is 10.4. The highest BCUT2D eigenvalue weighted by atomic mass is 32.2. The minimum absolute atomic E-state index is 0.0999. The standard InChI is InChI=1S/C18H26N4O3S/c19-17-12(2-1-7-20-17)9-22-10-15-14(8-21-26(23,24)13-3-4-13)16-5-6-18(15,11-22)25-16/h1-2,7,13-16,21H,3-6,8-11H2,(H2,19,20)/t14-,15+,16+,18+/m0/s1. The van der Waals surface area contributed by atoms with Crippen molar-refractivity contribution in [3.63, 3.8) is 0 Å². The molecular formula is C18H26N4O3S. The number of sulfonamides is 1. The van der Waals surface area contributed by atoms with Crippen LogP contribution in [0.25, 0.3) is 0 Å². The molecule has 2 bridgehead atoms. The summed E-state index contributed by atoms with van der Waals surface area (Å²) < 4.78 is 33.7. The van der Waals surface area contributed by atoms with E-state index in [1.165, 1.54) is 0 Å². The number of nitrogen functional groups attached to an aromatic ring is 1. The number of hydrogen-bond acceptors (Lipinski definition) is 6. The molecule has 1 aromatic heterocycles. The van der Waals surface area contributed by atoms with E-state index >= 15 is 0 Å². The number of nitrogens with zero attached hydrogens (tertiary/aromatic N) is 2. The van der Waals surface area contributed by atoms with Gasteiger partial charge in [0.05, 0.1) is 17.0 Å². The highest BCUT2D eigenvalue weighted by Crippen LogP contribution is 2.54. The van der Waals surface area contributed by atoms with Gasteiger partial charge in [0.25, 0.3) is 0 Å². The van der Waals surface area contributed by atoms with Gasteiger partial charge in [-0.25, -0.2) is 18.1 Å². The van der Waals surface area contributed by atoms with Crippen molar-refractivity contribution < 1.29 is 13.2 Å². The van der Waals surface area contributed by atoms with Crippen LogP contribution in [0.4, 0.5) is 5.82 Å². The molecule has 4 aliphatic rings. The van der Waals surface area contributed by atoms with Crippen molar-refractivity contribution in [1.82, 2.24) is 14.6 Å². The zero-order valence-corrected chi connectivity index (χ0v) is 15.6. The van der Waals surface area contributed by atoms with Crippen LogP contribution >= 0.6 is 0 Å². The maximum atomic E-state index is 12.2. The fraction of sp³-hybridized carbons (Fsp3) is 0.722. The van der Waals surface area contributed by atoms with E-state index in [1.807, 2.05) is 12.1 Å². The molecule has 4 atom stereocenters. The average Bonchev–Trinajstić information content (AvgIpc) is 3.23. The molecule has 4 heterocycles. The molecule has 1 saturated carbocycles. The minimum Gasteiger partial charge on any atom is -0.383 e. The summed E-state index contributed by atoms with van der Waals surface area (Å²) >= 11 is 0. The van der Waals surface area contributed by atoms with Gasteiger partial charge in [0.1, 0.15) is 5.82 Å². The number of anilines is 1. The first-order valence-corrected chi connectivity index (χ1v) is 11.1. The molecule has 8 heteroatoms. The summed E-state index contributed by atoms with van der Waals surface area (Å²) in [6.45, 7) is 3.11. The molecule has 0 unspecified atom stereocenters. The Morgan fingerprint density at radius 1 is 1.38 bits per heavy atom. The van der Waals surface area contributed by atoms with E-state index < -0.39 is 10.0 Å². The van der Waals surface area contributed by atoms with E-state index in [9.17, 15) is 8.42 Å².